The molecule has 0 saturated carbocycles. The molecule has 24 heavy (non-hydrogen) atoms. The Labute approximate surface area is 146 Å². The van der Waals surface area contributed by atoms with Gasteiger partial charge < -0.3 is 19.5 Å². The molecule has 138 valence electrons. The molecule has 2 rings (SSSR count). The van der Waals surface area contributed by atoms with Crippen molar-refractivity contribution < 1.29 is 19.4 Å². The van der Waals surface area contributed by atoms with E-state index >= 15 is 0 Å². The zero-order chi connectivity index (χ0) is 17.7. The molecule has 1 amide bonds. The van der Waals surface area contributed by atoms with Gasteiger partial charge in [0.2, 0.25) is 6.29 Å². The van der Waals surface area contributed by atoms with Crippen LogP contribution in [-0.2, 0) is 14.3 Å². The van der Waals surface area contributed by atoms with E-state index in [0.717, 1.165) is 32.4 Å². The minimum Gasteiger partial charge on any atom is -0.459 e. The van der Waals surface area contributed by atoms with Crippen molar-refractivity contribution in [2.24, 2.45) is 17.3 Å². The van der Waals surface area contributed by atoms with E-state index in [4.69, 9.17) is 9.47 Å². The third kappa shape index (κ3) is 4.51. The number of ether oxygens (including phenoxy) is 2. The molecule has 5 heteroatoms. The standard InChI is InChI=1S/C19H33NO4/c1-5-23-18-14(9-8-12-21)15(19(2,3)4)13-16(24-18)17(22)20-10-6-7-11-20/h13-15,18,21H,5-12H2,1-4H3/t14-,15-,18+/m1/s1. The lowest BCUT2D eigenvalue weighted by Crippen LogP contribution is -2.44. The van der Waals surface area contributed by atoms with Crippen LogP contribution in [0.15, 0.2) is 11.8 Å². The number of carbonyl (C=O) groups excluding carboxylic acids is 1. The predicted molar refractivity (Wildman–Crippen MR) is 93.2 cm³/mol. The van der Waals surface area contributed by atoms with Gasteiger partial charge in [-0.2, -0.15) is 0 Å². The number of hydrogen-bond acceptors (Lipinski definition) is 4. The molecule has 1 N–H and O–H groups in total. The van der Waals surface area contributed by atoms with Gasteiger partial charge in [-0.25, -0.2) is 0 Å². The van der Waals surface area contributed by atoms with Crippen molar-refractivity contribution in [3.63, 3.8) is 0 Å². The molecule has 0 aromatic heterocycles. The lowest BCUT2D eigenvalue weighted by Gasteiger charge is -2.43. The number of aliphatic hydroxyl groups is 1. The Kier molecular flexibility index (Phi) is 6.70. The van der Waals surface area contributed by atoms with Gasteiger partial charge in [0.15, 0.2) is 5.76 Å². The van der Waals surface area contributed by atoms with E-state index in [2.05, 4.69) is 20.8 Å². The first kappa shape index (κ1) is 19.3. The highest BCUT2D eigenvalue weighted by molar-refractivity contribution is 5.91. The first-order valence-corrected chi connectivity index (χ1v) is 9.28. The normalized spacial score (nSPS) is 27.8. The summed E-state index contributed by atoms with van der Waals surface area (Å²) in [7, 11) is 0. The second-order valence-corrected chi connectivity index (χ2v) is 7.89. The van der Waals surface area contributed by atoms with Gasteiger partial charge in [-0.3, -0.25) is 4.79 Å². The first-order chi connectivity index (χ1) is 11.4. The SMILES string of the molecule is CCO[C@H]1OC(C(=O)N2CCCC2)=C[C@@H](C(C)(C)C)[C@H]1CCCO. The summed E-state index contributed by atoms with van der Waals surface area (Å²) in [6.07, 6.45) is 5.26. The van der Waals surface area contributed by atoms with E-state index in [9.17, 15) is 9.90 Å². The summed E-state index contributed by atoms with van der Waals surface area (Å²) < 4.78 is 11.8. The van der Waals surface area contributed by atoms with Gasteiger partial charge in [0.1, 0.15) is 0 Å². The highest BCUT2D eigenvalue weighted by atomic mass is 16.7. The number of carbonyl (C=O) groups is 1. The smallest absolute Gasteiger partial charge is 0.288 e. The topological polar surface area (TPSA) is 59.0 Å². The Morgan fingerprint density at radius 1 is 1.38 bits per heavy atom. The second-order valence-electron chi connectivity index (χ2n) is 7.89. The average molecular weight is 339 g/mol. The lowest BCUT2D eigenvalue weighted by molar-refractivity contribution is -0.182. The predicted octanol–water partition coefficient (Wildman–Crippen LogP) is 2.94. The monoisotopic (exact) mass is 339 g/mol. The molecule has 0 unspecified atom stereocenters. The van der Waals surface area contributed by atoms with E-state index in [1.54, 1.807) is 0 Å². The van der Waals surface area contributed by atoms with Crippen LogP contribution in [0, 0.1) is 17.3 Å². The molecule has 0 aromatic carbocycles. The summed E-state index contributed by atoms with van der Waals surface area (Å²) in [5, 5.41) is 9.23. The van der Waals surface area contributed by atoms with E-state index in [0.29, 0.717) is 18.8 Å². The van der Waals surface area contributed by atoms with Gasteiger partial charge in [-0.1, -0.05) is 20.8 Å². The van der Waals surface area contributed by atoms with Crippen LogP contribution >= 0.6 is 0 Å². The summed E-state index contributed by atoms with van der Waals surface area (Å²) >= 11 is 0. The minimum absolute atomic E-state index is 0.00417. The van der Waals surface area contributed by atoms with Crippen molar-refractivity contribution in [2.75, 3.05) is 26.3 Å². The number of nitrogens with zero attached hydrogens (tertiary/aromatic N) is 1. The Bertz CT molecular complexity index is 449. The summed E-state index contributed by atoms with van der Waals surface area (Å²) in [5.41, 5.74) is -0.00417. The van der Waals surface area contributed by atoms with Crippen molar-refractivity contribution in [3.8, 4) is 0 Å². The van der Waals surface area contributed by atoms with E-state index in [-0.39, 0.29) is 29.8 Å². The third-order valence-electron chi connectivity index (χ3n) is 5.02. The Morgan fingerprint density at radius 2 is 2.04 bits per heavy atom. The van der Waals surface area contributed by atoms with Crippen molar-refractivity contribution in [1.82, 2.24) is 4.90 Å². The molecule has 0 radical (unpaired) electrons. The number of allylic oxidation sites excluding steroid dienone is 1. The average Bonchev–Trinajstić information content (AvgIpc) is 3.06. The van der Waals surface area contributed by atoms with Gasteiger partial charge in [0, 0.05) is 32.2 Å². The van der Waals surface area contributed by atoms with Crippen LogP contribution in [0.25, 0.3) is 0 Å². The molecular formula is C19H33NO4. The maximum absolute atomic E-state index is 12.8. The molecule has 0 spiro atoms. The fourth-order valence-corrected chi connectivity index (χ4v) is 3.76. The molecule has 0 aromatic rings. The van der Waals surface area contributed by atoms with Gasteiger partial charge in [-0.05, 0) is 50.0 Å². The van der Waals surface area contributed by atoms with Gasteiger partial charge in [0.25, 0.3) is 5.91 Å². The number of amides is 1. The molecule has 5 nitrogen and oxygen atoms in total. The zero-order valence-electron chi connectivity index (χ0n) is 15.6. The maximum atomic E-state index is 12.8. The summed E-state index contributed by atoms with van der Waals surface area (Å²) in [4.78, 5) is 14.7. The number of rotatable bonds is 6. The Morgan fingerprint density at radius 3 is 2.58 bits per heavy atom. The summed E-state index contributed by atoms with van der Waals surface area (Å²) in [5.74, 6) is 0.755. The highest BCUT2D eigenvalue weighted by Gasteiger charge is 2.42. The maximum Gasteiger partial charge on any atom is 0.288 e. The lowest BCUT2D eigenvalue weighted by atomic mass is 9.70. The van der Waals surface area contributed by atoms with E-state index in [1.807, 2.05) is 17.9 Å². The van der Waals surface area contributed by atoms with Crippen LogP contribution in [0.3, 0.4) is 0 Å². The van der Waals surface area contributed by atoms with Crippen LogP contribution in [0.5, 0.6) is 0 Å². The quantitative estimate of drug-likeness (QED) is 0.808. The number of likely N-dealkylation sites (tertiary alicyclic amines) is 1. The summed E-state index contributed by atoms with van der Waals surface area (Å²) in [6, 6.07) is 0. The van der Waals surface area contributed by atoms with Crippen LogP contribution in [0.4, 0.5) is 0 Å². The highest BCUT2D eigenvalue weighted by Crippen LogP contribution is 2.43. The van der Waals surface area contributed by atoms with E-state index in [1.165, 1.54) is 0 Å². The minimum atomic E-state index is -0.419. The molecule has 2 aliphatic heterocycles. The van der Waals surface area contributed by atoms with Crippen molar-refractivity contribution in [1.29, 1.82) is 0 Å². The van der Waals surface area contributed by atoms with Crippen molar-refractivity contribution in [2.45, 2.75) is 59.7 Å². The van der Waals surface area contributed by atoms with Crippen LogP contribution in [0.1, 0.15) is 53.4 Å². The Balaban J connectivity index is 2.27. The summed E-state index contributed by atoms with van der Waals surface area (Å²) in [6.45, 7) is 10.8. The number of aliphatic hydroxyl groups excluding tert-OH is 1. The molecular weight excluding hydrogens is 306 g/mol. The molecule has 1 fully saturated rings. The zero-order valence-corrected chi connectivity index (χ0v) is 15.6. The molecule has 0 aliphatic carbocycles. The van der Waals surface area contributed by atoms with Gasteiger partial charge in [0.05, 0.1) is 0 Å². The number of hydrogen-bond donors (Lipinski definition) is 1. The Hall–Kier alpha value is -1.07. The van der Waals surface area contributed by atoms with Crippen molar-refractivity contribution >= 4 is 5.91 Å². The molecule has 2 heterocycles. The molecule has 2 aliphatic rings. The fourth-order valence-electron chi connectivity index (χ4n) is 3.76. The molecule has 1 saturated heterocycles. The van der Waals surface area contributed by atoms with Crippen LogP contribution in [-0.4, -0.2) is 48.5 Å². The second kappa shape index (κ2) is 8.34. The molecule has 3 atom stereocenters. The first-order valence-electron chi connectivity index (χ1n) is 9.28. The van der Waals surface area contributed by atoms with Gasteiger partial charge >= 0.3 is 0 Å². The molecule has 0 bridgehead atoms. The van der Waals surface area contributed by atoms with Crippen molar-refractivity contribution in [3.05, 3.63) is 11.8 Å². The fraction of sp³-hybridized carbons (Fsp3) is 0.842. The largest absolute Gasteiger partial charge is 0.459 e. The van der Waals surface area contributed by atoms with Crippen LogP contribution in [0.2, 0.25) is 0 Å². The van der Waals surface area contributed by atoms with E-state index < -0.39 is 6.29 Å². The van der Waals surface area contributed by atoms with Gasteiger partial charge in [-0.15, -0.1) is 0 Å². The third-order valence-corrected chi connectivity index (χ3v) is 5.02. The van der Waals surface area contributed by atoms with Crippen LogP contribution < -0.4 is 0 Å².